The van der Waals surface area contributed by atoms with Crippen LogP contribution in [0.15, 0.2) is 36.7 Å². The van der Waals surface area contributed by atoms with E-state index in [1.807, 2.05) is 12.4 Å². The number of carbonyl (C=O) groups excluding carboxylic acids is 1. The van der Waals surface area contributed by atoms with E-state index in [2.05, 4.69) is 54.2 Å². The quantitative estimate of drug-likeness (QED) is 0.431. The van der Waals surface area contributed by atoms with Gasteiger partial charge in [-0.15, -0.1) is 10.2 Å². The number of benzene rings is 1. The lowest BCUT2D eigenvalue weighted by Crippen LogP contribution is -2.47. The molecule has 3 aliphatic rings. The van der Waals surface area contributed by atoms with Crippen molar-refractivity contribution in [2.75, 3.05) is 36.0 Å². The van der Waals surface area contributed by atoms with E-state index in [4.69, 9.17) is 4.74 Å². The number of hydrogen-bond donors (Lipinski definition) is 0. The largest absolute Gasteiger partial charge is 0.375 e. The fraction of sp³-hybridized carbons (Fsp3) is 0.519. The van der Waals surface area contributed by atoms with Crippen LogP contribution in [0.25, 0.3) is 21.7 Å². The smallest absolute Gasteiger partial charge is 0.225 e. The second-order valence-electron chi connectivity index (χ2n) is 10.1. The topological polar surface area (TPSA) is 84.3 Å². The summed E-state index contributed by atoms with van der Waals surface area (Å²) in [7, 11) is 0. The lowest BCUT2D eigenvalue weighted by molar-refractivity contribution is -0.111. The summed E-state index contributed by atoms with van der Waals surface area (Å²) in [5.41, 5.74) is 3.11. The van der Waals surface area contributed by atoms with E-state index in [0.717, 1.165) is 78.1 Å². The van der Waals surface area contributed by atoms with Crippen LogP contribution >= 0.6 is 11.3 Å². The highest BCUT2D eigenvalue weighted by Crippen LogP contribution is 2.33. The number of hydrogen-bond acceptors (Lipinski definition) is 9. The van der Waals surface area contributed by atoms with Crippen molar-refractivity contribution in [2.45, 2.75) is 57.2 Å². The van der Waals surface area contributed by atoms with Crippen molar-refractivity contribution >= 4 is 28.7 Å². The monoisotopic (exact) mass is 504 g/mol. The number of carbonyl (C=O) groups is 1. The van der Waals surface area contributed by atoms with Gasteiger partial charge in [-0.05, 0) is 31.2 Å². The molecule has 0 amide bonds. The van der Waals surface area contributed by atoms with E-state index >= 15 is 0 Å². The van der Waals surface area contributed by atoms with Crippen molar-refractivity contribution in [1.82, 2.24) is 20.2 Å². The Morgan fingerprint density at radius 1 is 0.806 bits per heavy atom. The lowest BCUT2D eigenvalue weighted by atomic mass is 9.97. The predicted molar refractivity (Wildman–Crippen MR) is 141 cm³/mol. The number of nitrogens with zero attached hydrogens (tertiary/aromatic N) is 6. The van der Waals surface area contributed by atoms with E-state index < -0.39 is 0 Å². The minimum absolute atomic E-state index is 0.123. The van der Waals surface area contributed by atoms with Gasteiger partial charge in [0, 0.05) is 55.6 Å². The molecule has 0 atom stereocenters. The molecule has 6 rings (SSSR count). The molecule has 188 valence electrons. The summed E-state index contributed by atoms with van der Waals surface area (Å²) in [5.74, 6) is 0.924. The molecule has 9 heteroatoms. The Morgan fingerprint density at radius 2 is 1.47 bits per heavy atom. The molecule has 4 heterocycles. The van der Waals surface area contributed by atoms with E-state index in [1.165, 1.54) is 32.1 Å². The average Bonchev–Trinajstić information content (AvgIpc) is 3.39. The first-order chi connectivity index (χ1) is 17.7. The molecule has 0 bridgehead atoms. The maximum absolute atomic E-state index is 10.8. The first-order valence-electron chi connectivity index (χ1n) is 13.1. The van der Waals surface area contributed by atoms with Gasteiger partial charge in [0.2, 0.25) is 11.1 Å². The number of aromatic nitrogens is 4. The minimum Gasteiger partial charge on any atom is -0.375 e. The van der Waals surface area contributed by atoms with Crippen LogP contribution in [0.3, 0.4) is 0 Å². The van der Waals surface area contributed by atoms with Crippen LogP contribution in [0.1, 0.15) is 44.9 Å². The van der Waals surface area contributed by atoms with Gasteiger partial charge in [0.1, 0.15) is 11.3 Å². The molecule has 0 N–H and O–H groups in total. The minimum atomic E-state index is 0.123. The second kappa shape index (κ2) is 10.6. The van der Waals surface area contributed by atoms with Crippen molar-refractivity contribution in [3.63, 3.8) is 0 Å². The summed E-state index contributed by atoms with van der Waals surface area (Å²) in [6.07, 6.45) is 14.3. The molecule has 0 radical (unpaired) electrons. The van der Waals surface area contributed by atoms with Gasteiger partial charge in [-0.1, -0.05) is 54.9 Å². The summed E-state index contributed by atoms with van der Waals surface area (Å²) < 4.78 is 6.38. The average molecular weight is 505 g/mol. The van der Waals surface area contributed by atoms with Crippen LogP contribution in [-0.4, -0.2) is 64.8 Å². The van der Waals surface area contributed by atoms with Crippen LogP contribution < -0.4 is 9.80 Å². The Bertz CT molecular complexity index is 1150. The second-order valence-corrected chi connectivity index (χ2v) is 11.1. The first-order valence-corrected chi connectivity index (χ1v) is 13.9. The molecular weight excluding hydrogens is 472 g/mol. The van der Waals surface area contributed by atoms with Crippen LogP contribution in [0.2, 0.25) is 0 Å². The Labute approximate surface area is 215 Å². The maximum atomic E-state index is 10.8. The van der Waals surface area contributed by atoms with Crippen LogP contribution in [0.4, 0.5) is 11.1 Å². The Hall–Kier alpha value is -2.91. The van der Waals surface area contributed by atoms with Gasteiger partial charge in [0.15, 0.2) is 0 Å². The third-order valence-corrected chi connectivity index (χ3v) is 8.59. The Balaban J connectivity index is 1.03. The molecule has 2 aromatic heterocycles. The van der Waals surface area contributed by atoms with Gasteiger partial charge in [0.05, 0.1) is 12.2 Å². The van der Waals surface area contributed by atoms with Crippen LogP contribution in [-0.2, 0) is 9.53 Å². The fourth-order valence-electron chi connectivity index (χ4n) is 5.32. The summed E-state index contributed by atoms with van der Waals surface area (Å²) in [4.78, 5) is 24.6. The predicted octanol–water partition coefficient (Wildman–Crippen LogP) is 4.62. The highest BCUT2D eigenvalue weighted by Gasteiger charge is 2.29. The van der Waals surface area contributed by atoms with E-state index in [0.29, 0.717) is 12.2 Å². The molecule has 2 saturated heterocycles. The molecule has 2 aliphatic heterocycles. The van der Waals surface area contributed by atoms with Gasteiger partial charge < -0.3 is 19.3 Å². The molecule has 0 spiro atoms. The zero-order valence-electron chi connectivity index (χ0n) is 20.5. The molecule has 1 aliphatic carbocycles. The van der Waals surface area contributed by atoms with Gasteiger partial charge in [0.25, 0.3) is 0 Å². The van der Waals surface area contributed by atoms with Gasteiger partial charge in [-0.25, -0.2) is 9.97 Å². The Morgan fingerprint density at radius 3 is 2.17 bits per heavy atom. The molecule has 8 nitrogen and oxygen atoms in total. The molecular formula is C27H32N6O2S. The molecule has 1 saturated carbocycles. The van der Waals surface area contributed by atoms with Gasteiger partial charge in [-0.3, -0.25) is 0 Å². The molecule has 0 unspecified atom stereocenters. The van der Waals surface area contributed by atoms with Crippen LogP contribution in [0.5, 0.6) is 0 Å². The van der Waals surface area contributed by atoms with E-state index in [1.54, 1.807) is 11.3 Å². The van der Waals surface area contributed by atoms with Crippen molar-refractivity contribution in [3.8, 4) is 21.7 Å². The fourth-order valence-corrected chi connectivity index (χ4v) is 6.19. The molecule has 1 aromatic carbocycles. The number of aldehydes is 1. The maximum Gasteiger partial charge on any atom is 0.225 e. The van der Waals surface area contributed by atoms with Gasteiger partial charge >= 0.3 is 0 Å². The van der Waals surface area contributed by atoms with Crippen molar-refractivity contribution in [2.24, 2.45) is 5.92 Å². The van der Waals surface area contributed by atoms with Crippen LogP contribution in [0, 0.1) is 5.92 Å². The number of rotatable bonds is 7. The number of piperidine rings is 1. The summed E-state index contributed by atoms with van der Waals surface area (Å²) in [5, 5.41) is 10.4. The van der Waals surface area contributed by atoms with Gasteiger partial charge in [-0.2, -0.15) is 0 Å². The normalized spacial score (nSPS) is 19.9. The lowest BCUT2D eigenvalue weighted by Gasteiger charge is -2.35. The SMILES string of the molecule is O=CC1CN(c2nnc(-c3ccc(-c4cnc(N5CCC(OC6CCCCC6)CC5)nc4)cc3)s2)C1. The highest BCUT2D eigenvalue weighted by molar-refractivity contribution is 7.18. The molecule has 3 aromatic rings. The van der Waals surface area contributed by atoms with E-state index in [9.17, 15) is 4.79 Å². The summed E-state index contributed by atoms with van der Waals surface area (Å²) in [6, 6.07) is 8.29. The standard InChI is InChI=1S/C27H32N6O2S/c34-18-19-16-33(17-19)27-31-30-25(36-27)21-8-6-20(7-9-21)22-14-28-26(29-15-22)32-12-10-24(11-13-32)35-23-4-2-1-3-5-23/h6-9,14-15,18-19,23-24H,1-5,10-13,16-17H2. The summed E-state index contributed by atoms with van der Waals surface area (Å²) >= 11 is 1.56. The third kappa shape index (κ3) is 5.13. The first kappa shape index (κ1) is 23.5. The number of anilines is 2. The Kier molecular flexibility index (Phi) is 6.92. The van der Waals surface area contributed by atoms with E-state index in [-0.39, 0.29) is 5.92 Å². The molecule has 3 fully saturated rings. The zero-order valence-corrected chi connectivity index (χ0v) is 21.3. The summed E-state index contributed by atoms with van der Waals surface area (Å²) in [6.45, 7) is 3.36. The van der Waals surface area contributed by atoms with Crippen molar-refractivity contribution in [1.29, 1.82) is 0 Å². The highest BCUT2D eigenvalue weighted by atomic mass is 32.1. The van der Waals surface area contributed by atoms with Crippen molar-refractivity contribution in [3.05, 3.63) is 36.7 Å². The van der Waals surface area contributed by atoms with Crippen molar-refractivity contribution < 1.29 is 9.53 Å². The zero-order chi connectivity index (χ0) is 24.3. The number of ether oxygens (including phenoxy) is 1. The third-order valence-electron chi connectivity index (χ3n) is 7.55. The molecule has 36 heavy (non-hydrogen) atoms.